The van der Waals surface area contributed by atoms with Crippen molar-refractivity contribution < 1.29 is 15.0 Å². The Kier molecular flexibility index (Phi) is 40.9. The van der Waals surface area contributed by atoms with E-state index in [0.29, 0.717) is 6.42 Å². The lowest BCUT2D eigenvalue weighted by Gasteiger charge is -2.19. The third kappa shape index (κ3) is 37.9. The van der Waals surface area contributed by atoms with Gasteiger partial charge in [-0.05, 0) is 57.8 Å². The normalized spacial score (nSPS) is 13.3. The molecule has 0 aromatic carbocycles. The molecule has 0 spiro atoms. The molecular formula is C46H87NO3. The van der Waals surface area contributed by atoms with Gasteiger partial charge in [-0.1, -0.05) is 204 Å². The molecule has 0 saturated carbocycles. The first kappa shape index (κ1) is 48.6. The van der Waals surface area contributed by atoms with Gasteiger partial charge < -0.3 is 15.5 Å². The van der Waals surface area contributed by atoms with Gasteiger partial charge in [0, 0.05) is 6.42 Å². The maximum atomic E-state index is 12.4. The zero-order valence-electron chi connectivity index (χ0n) is 33.7. The van der Waals surface area contributed by atoms with Gasteiger partial charge in [-0.2, -0.15) is 0 Å². The van der Waals surface area contributed by atoms with E-state index in [4.69, 9.17) is 0 Å². The Morgan fingerprint density at radius 1 is 0.460 bits per heavy atom. The van der Waals surface area contributed by atoms with Crippen molar-refractivity contribution in [3.05, 3.63) is 36.5 Å². The van der Waals surface area contributed by atoms with Gasteiger partial charge >= 0.3 is 0 Å². The molecule has 0 aliphatic rings. The van der Waals surface area contributed by atoms with Crippen molar-refractivity contribution in [2.45, 2.75) is 244 Å². The fourth-order valence-corrected chi connectivity index (χ4v) is 6.66. The zero-order chi connectivity index (χ0) is 36.4. The van der Waals surface area contributed by atoms with Gasteiger partial charge in [0.05, 0.1) is 18.8 Å². The molecule has 1 amide bonds. The number of rotatable bonds is 40. The zero-order valence-corrected chi connectivity index (χ0v) is 33.7. The molecule has 0 aromatic rings. The van der Waals surface area contributed by atoms with E-state index in [1.54, 1.807) is 6.08 Å². The second-order valence-corrected chi connectivity index (χ2v) is 15.1. The Hall–Kier alpha value is -1.39. The highest BCUT2D eigenvalue weighted by molar-refractivity contribution is 5.76. The average molecular weight is 702 g/mol. The summed E-state index contributed by atoms with van der Waals surface area (Å²) in [5.41, 5.74) is 0. The van der Waals surface area contributed by atoms with Crippen LogP contribution in [-0.4, -0.2) is 34.9 Å². The van der Waals surface area contributed by atoms with Crippen LogP contribution in [0.5, 0.6) is 0 Å². The van der Waals surface area contributed by atoms with Gasteiger partial charge in [-0.3, -0.25) is 4.79 Å². The number of nitrogens with one attached hydrogen (secondary N) is 1. The van der Waals surface area contributed by atoms with Crippen molar-refractivity contribution in [2.75, 3.05) is 6.61 Å². The van der Waals surface area contributed by atoms with E-state index in [1.165, 1.54) is 180 Å². The van der Waals surface area contributed by atoms with Gasteiger partial charge in [0.1, 0.15) is 0 Å². The average Bonchev–Trinajstić information content (AvgIpc) is 3.12. The van der Waals surface area contributed by atoms with E-state index in [9.17, 15) is 15.0 Å². The highest BCUT2D eigenvalue weighted by atomic mass is 16.3. The summed E-state index contributed by atoms with van der Waals surface area (Å²) >= 11 is 0. The van der Waals surface area contributed by atoms with Crippen molar-refractivity contribution >= 4 is 5.91 Å². The second-order valence-electron chi connectivity index (χ2n) is 15.1. The van der Waals surface area contributed by atoms with Gasteiger partial charge in [0.2, 0.25) is 5.91 Å². The molecule has 0 heterocycles. The third-order valence-electron chi connectivity index (χ3n) is 10.1. The smallest absolute Gasteiger partial charge is 0.220 e. The molecule has 50 heavy (non-hydrogen) atoms. The summed E-state index contributed by atoms with van der Waals surface area (Å²) in [6, 6.07) is -0.640. The minimum Gasteiger partial charge on any atom is -0.394 e. The summed E-state index contributed by atoms with van der Waals surface area (Å²) < 4.78 is 0. The molecule has 0 aliphatic carbocycles. The number of amides is 1. The molecular weight excluding hydrogens is 615 g/mol. The first-order chi connectivity index (χ1) is 24.7. The highest BCUT2D eigenvalue weighted by Crippen LogP contribution is 2.14. The Morgan fingerprint density at radius 2 is 0.780 bits per heavy atom. The molecule has 4 heteroatoms. The van der Waals surface area contributed by atoms with E-state index in [1.807, 2.05) is 6.08 Å². The maximum Gasteiger partial charge on any atom is 0.220 e. The molecule has 0 bridgehead atoms. The summed E-state index contributed by atoms with van der Waals surface area (Å²) in [6.45, 7) is 4.30. The van der Waals surface area contributed by atoms with Crippen LogP contribution in [0.1, 0.15) is 232 Å². The van der Waals surface area contributed by atoms with Crippen LogP contribution in [0.4, 0.5) is 0 Å². The van der Waals surface area contributed by atoms with Crippen LogP contribution in [0.15, 0.2) is 36.5 Å². The Balaban J connectivity index is 3.61. The number of carbonyl (C=O) groups excluding carboxylic acids is 1. The molecule has 294 valence electrons. The molecule has 2 unspecified atom stereocenters. The first-order valence-electron chi connectivity index (χ1n) is 22.2. The predicted molar refractivity (Wildman–Crippen MR) is 221 cm³/mol. The summed E-state index contributed by atoms with van der Waals surface area (Å²) in [7, 11) is 0. The van der Waals surface area contributed by atoms with Gasteiger partial charge in [-0.15, -0.1) is 0 Å². The van der Waals surface area contributed by atoms with Crippen LogP contribution >= 0.6 is 0 Å². The van der Waals surface area contributed by atoms with Crippen molar-refractivity contribution in [2.24, 2.45) is 0 Å². The number of allylic oxidation sites excluding steroid dienone is 5. The molecule has 0 aliphatic heterocycles. The lowest BCUT2D eigenvalue weighted by molar-refractivity contribution is -0.123. The topological polar surface area (TPSA) is 69.6 Å². The van der Waals surface area contributed by atoms with Crippen LogP contribution in [0.2, 0.25) is 0 Å². The van der Waals surface area contributed by atoms with Crippen molar-refractivity contribution in [3.63, 3.8) is 0 Å². The van der Waals surface area contributed by atoms with Crippen molar-refractivity contribution in [1.29, 1.82) is 0 Å². The number of hydrogen-bond acceptors (Lipinski definition) is 3. The fourth-order valence-electron chi connectivity index (χ4n) is 6.66. The highest BCUT2D eigenvalue weighted by Gasteiger charge is 2.17. The van der Waals surface area contributed by atoms with Gasteiger partial charge in [0.25, 0.3) is 0 Å². The number of aliphatic hydroxyl groups is 2. The minimum absolute atomic E-state index is 0.0774. The summed E-state index contributed by atoms with van der Waals surface area (Å²) in [5, 5.41) is 23.0. The standard InChI is InChI=1S/C46H87NO3/c1-3-5-7-9-11-13-15-17-19-21-23-24-26-28-30-32-34-36-38-40-42-46(50)47-44(43-48)45(49)41-39-37-35-33-31-29-27-25-22-20-18-16-14-12-10-8-6-4-2/h23-24,31,33,39,41,44-45,48-49H,3-22,25-30,32,34-38,40,42-43H2,1-2H3,(H,47,50)/b24-23-,33-31+,41-39+. The third-order valence-corrected chi connectivity index (χ3v) is 10.1. The van der Waals surface area contributed by atoms with Gasteiger partial charge in [0.15, 0.2) is 0 Å². The molecule has 0 fully saturated rings. The lowest BCUT2D eigenvalue weighted by atomic mass is 10.0. The Bertz CT molecular complexity index is 760. The van der Waals surface area contributed by atoms with E-state index >= 15 is 0 Å². The minimum atomic E-state index is -0.862. The van der Waals surface area contributed by atoms with Gasteiger partial charge in [-0.25, -0.2) is 0 Å². The number of hydrogen-bond donors (Lipinski definition) is 3. The summed E-state index contributed by atoms with van der Waals surface area (Å²) in [6.07, 6.45) is 55.4. The van der Waals surface area contributed by atoms with Crippen LogP contribution in [0, 0.1) is 0 Å². The molecule has 0 radical (unpaired) electrons. The van der Waals surface area contributed by atoms with Crippen LogP contribution in [-0.2, 0) is 4.79 Å². The molecule has 2 atom stereocenters. The maximum absolute atomic E-state index is 12.4. The number of carbonyl (C=O) groups is 1. The lowest BCUT2D eigenvalue weighted by Crippen LogP contribution is -2.45. The van der Waals surface area contributed by atoms with Crippen LogP contribution in [0.25, 0.3) is 0 Å². The molecule has 0 rings (SSSR count). The SMILES string of the molecule is CCCCCCCCCCC/C=C\CCCCCCCCCC(=O)NC(CO)C(O)/C=C/CC/C=C/CCCCCCCCCCCCCC. The fraction of sp³-hybridized carbons (Fsp3) is 0.848. The van der Waals surface area contributed by atoms with Crippen LogP contribution < -0.4 is 5.32 Å². The number of aliphatic hydroxyl groups excluding tert-OH is 2. The monoisotopic (exact) mass is 702 g/mol. The van der Waals surface area contributed by atoms with Crippen LogP contribution in [0.3, 0.4) is 0 Å². The largest absolute Gasteiger partial charge is 0.394 e. The van der Waals surface area contributed by atoms with E-state index in [-0.39, 0.29) is 12.5 Å². The summed E-state index contributed by atoms with van der Waals surface area (Å²) in [5.74, 6) is -0.0774. The number of unbranched alkanes of at least 4 members (excludes halogenated alkanes) is 29. The van der Waals surface area contributed by atoms with Crippen molar-refractivity contribution in [1.82, 2.24) is 5.32 Å². The van der Waals surface area contributed by atoms with E-state index < -0.39 is 12.1 Å². The first-order valence-corrected chi connectivity index (χ1v) is 22.2. The molecule has 4 nitrogen and oxygen atoms in total. The Morgan fingerprint density at radius 3 is 1.16 bits per heavy atom. The molecule has 0 saturated heterocycles. The molecule has 0 aromatic heterocycles. The Labute approximate surface area is 312 Å². The second kappa shape index (κ2) is 42.0. The molecule has 3 N–H and O–H groups in total. The van der Waals surface area contributed by atoms with E-state index in [0.717, 1.165) is 32.1 Å². The summed E-state index contributed by atoms with van der Waals surface area (Å²) in [4.78, 5) is 12.4. The predicted octanol–water partition coefficient (Wildman–Crippen LogP) is 13.8. The van der Waals surface area contributed by atoms with E-state index in [2.05, 4.69) is 43.5 Å². The van der Waals surface area contributed by atoms with Crippen molar-refractivity contribution in [3.8, 4) is 0 Å². The quantitative estimate of drug-likeness (QED) is 0.0440.